The predicted octanol–water partition coefficient (Wildman–Crippen LogP) is 1.50. The second kappa shape index (κ2) is 11.1. The Bertz CT molecular complexity index is 738. The molecule has 1 aliphatic heterocycles. The highest BCUT2D eigenvalue weighted by Gasteiger charge is 2.47. The number of rotatable bonds is 10. The van der Waals surface area contributed by atoms with E-state index >= 15 is 0 Å². The molecule has 2 aliphatic rings. The Morgan fingerprint density at radius 2 is 2.10 bits per heavy atom. The molecular weight excluding hydrogens is 394 g/mol. The molecule has 0 bridgehead atoms. The number of aliphatic hydroxyl groups is 2. The number of sulfonamides is 1. The summed E-state index contributed by atoms with van der Waals surface area (Å²) in [5.41, 5.74) is 0. The first-order valence-corrected chi connectivity index (χ1v) is 12.2. The molecule has 1 saturated heterocycles. The summed E-state index contributed by atoms with van der Waals surface area (Å²) < 4.78 is 30.1. The highest BCUT2D eigenvalue weighted by atomic mass is 32.2. The van der Waals surface area contributed by atoms with E-state index in [2.05, 4.69) is 11.8 Å². The van der Waals surface area contributed by atoms with Crippen LogP contribution in [0.5, 0.6) is 0 Å². The van der Waals surface area contributed by atoms with Gasteiger partial charge in [0.25, 0.3) is 0 Å². The zero-order valence-electron chi connectivity index (χ0n) is 17.2. The summed E-state index contributed by atoms with van der Waals surface area (Å²) >= 11 is 0. The average Bonchev–Trinajstić information content (AvgIpc) is 3.12. The van der Waals surface area contributed by atoms with Crippen LogP contribution in [0.1, 0.15) is 58.3 Å². The molecule has 1 amide bonds. The minimum Gasteiger partial charge on any atom is -0.392 e. The number of unbranched alkanes of at least 4 members (excludes halogenated alkanes) is 1. The van der Waals surface area contributed by atoms with Crippen LogP contribution in [0.3, 0.4) is 0 Å². The van der Waals surface area contributed by atoms with Gasteiger partial charge in [-0.3, -0.25) is 9.52 Å². The second-order valence-corrected chi connectivity index (χ2v) is 9.79. The third kappa shape index (κ3) is 8.09. The number of amides is 1. The summed E-state index contributed by atoms with van der Waals surface area (Å²) in [5, 5.41) is 20.4. The number of ether oxygens (including phenoxy) is 1. The molecule has 1 aliphatic carbocycles. The molecule has 7 nitrogen and oxygen atoms in total. The number of nitrogens with one attached hydrogen (secondary N) is 1. The quantitative estimate of drug-likeness (QED) is 0.277. The molecule has 0 aromatic rings. The van der Waals surface area contributed by atoms with Crippen molar-refractivity contribution in [3.05, 3.63) is 12.2 Å². The van der Waals surface area contributed by atoms with E-state index in [9.17, 15) is 23.4 Å². The minimum absolute atomic E-state index is 0.0163. The number of hydrogen-bond donors (Lipinski definition) is 3. The van der Waals surface area contributed by atoms with Gasteiger partial charge in [-0.25, -0.2) is 8.42 Å². The van der Waals surface area contributed by atoms with Gasteiger partial charge >= 0.3 is 0 Å². The van der Waals surface area contributed by atoms with Crippen molar-refractivity contribution in [3.8, 4) is 11.8 Å². The Labute approximate surface area is 174 Å². The van der Waals surface area contributed by atoms with Crippen molar-refractivity contribution in [2.45, 2.75) is 82.7 Å². The lowest BCUT2D eigenvalue weighted by atomic mass is 9.89. The first kappa shape index (κ1) is 23.9. The lowest BCUT2D eigenvalue weighted by Crippen LogP contribution is -2.29. The normalized spacial score (nSPS) is 30.0. The van der Waals surface area contributed by atoms with Crippen LogP contribution in [0.25, 0.3) is 0 Å². The first-order chi connectivity index (χ1) is 13.7. The predicted molar refractivity (Wildman–Crippen MR) is 110 cm³/mol. The summed E-state index contributed by atoms with van der Waals surface area (Å²) in [6.07, 6.45) is 8.83. The summed E-state index contributed by atoms with van der Waals surface area (Å²) in [7, 11) is -3.50. The fraction of sp³-hybridized carbons (Fsp3) is 0.762. The maximum Gasteiger partial charge on any atom is 0.233 e. The van der Waals surface area contributed by atoms with E-state index in [1.54, 1.807) is 13.0 Å². The minimum atomic E-state index is -3.50. The van der Waals surface area contributed by atoms with E-state index in [0.29, 0.717) is 25.7 Å². The van der Waals surface area contributed by atoms with Gasteiger partial charge in [-0.1, -0.05) is 18.6 Å². The van der Waals surface area contributed by atoms with Gasteiger partial charge in [0, 0.05) is 25.2 Å². The highest BCUT2D eigenvalue weighted by molar-refractivity contribution is 7.89. The molecule has 29 heavy (non-hydrogen) atoms. The topological polar surface area (TPSA) is 113 Å². The van der Waals surface area contributed by atoms with Crippen LogP contribution in [-0.4, -0.2) is 55.2 Å². The summed E-state index contributed by atoms with van der Waals surface area (Å²) in [6.45, 7) is 1.78. The zero-order chi connectivity index (χ0) is 21.4. The lowest BCUT2D eigenvalue weighted by Gasteiger charge is -2.18. The molecule has 8 heteroatoms. The maximum atomic E-state index is 11.5. The van der Waals surface area contributed by atoms with E-state index in [1.165, 1.54) is 0 Å². The van der Waals surface area contributed by atoms with Crippen LogP contribution in [0.4, 0.5) is 0 Å². The standard InChI is InChI=1S/C21H33NO6S/c1-3-4-5-8-15(23)11-12-17-18-13-16(28-20(18)14-19(17)24)9-6-7-10-21(25)22-29(2,26)27/h11-12,15-20,23-24H,5-10,13-14H2,1-2H3,(H,22,25)/b12-11+/t15-,16+,17+,18+,19+,20-/m0/s1. The number of aliphatic hydroxyl groups excluding tert-OH is 2. The van der Waals surface area contributed by atoms with Crippen LogP contribution >= 0.6 is 0 Å². The van der Waals surface area contributed by atoms with Crippen LogP contribution in [0.15, 0.2) is 12.2 Å². The van der Waals surface area contributed by atoms with Crippen molar-refractivity contribution in [3.63, 3.8) is 0 Å². The molecule has 0 aromatic carbocycles. The van der Waals surface area contributed by atoms with Crippen LogP contribution in [0, 0.1) is 23.7 Å². The van der Waals surface area contributed by atoms with E-state index in [0.717, 1.165) is 25.5 Å². The van der Waals surface area contributed by atoms with Crippen molar-refractivity contribution in [1.29, 1.82) is 0 Å². The van der Waals surface area contributed by atoms with Crippen molar-refractivity contribution < 1.29 is 28.2 Å². The monoisotopic (exact) mass is 427 g/mol. The average molecular weight is 428 g/mol. The summed E-state index contributed by atoms with van der Waals surface area (Å²) in [4.78, 5) is 11.5. The molecule has 0 unspecified atom stereocenters. The number of carbonyl (C=O) groups is 1. The van der Waals surface area contributed by atoms with Gasteiger partial charge in [0.15, 0.2) is 0 Å². The van der Waals surface area contributed by atoms with Crippen LogP contribution in [-0.2, 0) is 19.6 Å². The van der Waals surface area contributed by atoms with Gasteiger partial charge < -0.3 is 14.9 Å². The van der Waals surface area contributed by atoms with Gasteiger partial charge in [-0.15, -0.1) is 11.8 Å². The van der Waals surface area contributed by atoms with Crippen LogP contribution in [0.2, 0.25) is 0 Å². The molecule has 1 saturated carbocycles. The van der Waals surface area contributed by atoms with Crippen molar-refractivity contribution in [2.75, 3.05) is 6.26 Å². The zero-order valence-corrected chi connectivity index (χ0v) is 18.0. The van der Waals surface area contributed by atoms with Gasteiger partial charge in [0.2, 0.25) is 15.9 Å². The van der Waals surface area contributed by atoms with Gasteiger partial charge in [-0.05, 0) is 38.5 Å². The fourth-order valence-corrected chi connectivity index (χ4v) is 4.76. The largest absolute Gasteiger partial charge is 0.392 e. The van der Waals surface area contributed by atoms with E-state index in [1.807, 2.05) is 10.8 Å². The highest BCUT2D eigenvalue weighted by Crippen LogP contribution is 2.45. The van der Waals surface area contributed by atoms with Gasteiger partial charge in [-0.2, -0.15) is 0 Å². The molecular formula is C21H33NO6S. The number of carbonyl (C=O) groups excluding carboxylic acids is 1. The summed E-state index contributed by atoms with van der Waals surface area (Å²) in [5.74, 6) is 5.49. The molecule has 164 valence electrons. The Balaban J connectivity index is 1.73. The summed E-state index contributed by atoms with van der Waals surface area (Å²) in [6, 6.07) is 0. The molecule has 2 rings (SSSR count). The molecule has 2 fully saturated rings. The Morgan fingerprint density at radius 3 is 2.79 bits per heavy atom. The molecule has 0 spiro atoms. The van der Waals surface area contributed by atoms with E-state index in [-0.39, 0.29) is 30.5 Å². The molecule has 6 atom stereocenters. The molecule has 1 heterocycles. The number of fused-ring (bicyclic) bond motifs is 1. The van der Waals surface area contributed by atoms with Crippen molar-refractivity contribution in [1.82, 2.24) is 4.72 Å². The Hall–Kier alpha value is -1.40. The molecule has 3 N–H and O–H groups in total. The lowest BCUT2D eigenvalue weighted by molar-refractivity contribution is -0.119. The molecule has 0 radical (unpaired) electrons. The van der Waals surface area contributed by atoms with Gasteiger partial charge in [0.1, 0.15) is 0 Å². The Morgan fingerprint density at radius 1 is 1.34 bits per heavy atom. The SMILES string of the molecule is CC#CCC[C@H](O)/C=C/[C@@H]1[C@H]2C[C@@H](CCCCC(=O)NS(C)(=O)=O)O[C@H]2C[C@H]1O. The van der Waals surface area contributed by atoms with E-state index < -0.39 is 28.1 Å². The fourth-order valence-electron chi connectivity index (χ4n) is 4.24. The third-order valence-corrected chi connectivity index (χ3v) is 6.17. The smallest absolute Gasteiger partial charge is 0.233 e. The number of hydrogen-bond acceptors (Lipinski definition) is 6. The van der Waals surface area contributed by atoms with E-state index in [4.69, 9.17) is 4.74 Å². The van der Waals surface area contributed by atoms with Crippen molar-refractivity contribution in [2.24, 2.45) is 11.8 Å². The van der Waals surface area contributed by atoms with Crippen molar-refractivity contribution >= 4 is 15.9 Å². The Kier molecular flexibility index (Phi) is 9.15. The first-order valence-electron chi connectivity index (χ1n) is 10.3. The maximum absolute atomic E-state index is 11.5. The third-order valence-electron chi connectivity index (χ3n) is 5.57. The van der Waals surface area contributed by atoms with Gasteiger partial charge in [0.05, 0.1) is 30.7 Å². The second-order valence-electron chi connectivity index (χ2n) is 8.04. The van der Waals surface area contributed by atoms with Crippen LogP contribution < -0.4 is 4.72 Å². The molecule has 0 aromatic heterocycles.